The van der Waals surface area contributed by atoms with Crippen LogP contribution in [0.1, 0.15) is 10.5 Å². The highest BCUT2D eigenvalue weighted by molar-refractivity contribution is 7.99. The van der Waals surface area contributed by atoms with Crippen LogP contribution in [-0.4, -0.2) is 41.0 Å². The number of aromatic nitrogens is 1. The number of carbonyl (C=O) groups excluding carboxylic acids is 2. The van der Waals surface area contributed by atoms with Crippen molar-refractivity contribution >= 4 is 23.6 Å². The van der Waals surface area contributed by atoms with E-state index < -0.39 is 0 Å². The molecular formula is C12H17N3O2S. The van der Waals surface area contributed by atoms with E-state index in [0.717, 1.165) is 18.8 Å². The number of carbonyl (C=O) groups is 2. The van der Waals surface area contributed by atoms with Gasteiger partial charge in [0.15, 0.2) is 0 Å². The Balaban J connectivity index is 1.70. The third-order valence-electron chi connectivity index (χ3n) is 2.88. The van der Waals surface area contributed by atoms with E-state index in [1.54, 1.807) is 41.7 Å². The molecule has 2 N–H and O–H groups in total. The first kappa shape index (κ1) is 13.2. The molecule has 5 nitrogen and oxygen atoms in total. The van der Waals surface area contributed by atoms with Gasteiger partial charge in [-0.15, -0.1) is 0 Å². The summed E-state index contributed by atoms with van der Waals surface area (Å²) in [6.07, 6.45) is 1.78. The molecule has 2 heterocycles. The van der Waals surface area contributed by atoms with Crippen LogP contribution < -0.4 is 10.6 Å². The third kappa shape index (κ3) is 3.36. The minimum Gasteiger partial charge on any atom is -0.347 e. The molecule has 0 spiro atoms. The zero-order valence-corrected chi connectivity index (χ0v) is 11.1. The molecule has 0 unspecified atom stereocenters. The molecular weight excluding hydrogens is 250 g/mol. The predicted molar refractivity (Wildman–Crippen MR) is 71.6 cm³/mol. The van der Waals surface area contributed by atoms with Crippen molar-refractivity contribution in [1.29, 1.82) is 0 Å². The largest absolute Gasteiger partial charge is 0.347 e. The summed E-state index contributed by atoms with van der Waals surface area (Å²) >= 11 is 1.58. The van der Waals surface area contributed by atoms with Crippen LogP contribution in [0.25, 0.3) is 0 Å². The summed E-state index contributed by atoms with van der Waals surface area (Å²) in [7, 11) is 1.78. The summed E-state index contributed by atoms with van der Waals surface area (Å²) in [6.45, 7) is 2.08. The second-order valence-electron chi connectivity index (χ2n) is 4.42. The lowest BCUT2D eigenvalue weighted by Gasteiger charge is -2.26. The standard InChI is InChI=1S/C12H17N3O2S/c1-15-4-2-3-10(15)12(17)14-11(16)8-18-7-9-5-13-6-9/h2-4,9,13H,5-8H2,1H3,(H,14,16,17). The molecule has 0 aliphatic carbocycles. The molecule has 0 saturated carbocycles. The highest BCUT2D eigenvalue weighted by Crippen LogP contribution is 2.11. The van der Waals surface area contributed by atoms with Crippen molar-refractivity contribution in [1.82, 2.24) is 15.2 Å². The number of aryl methyl sites for hydroxylation is 1. The van der Waals surface area contributed by atoms with Gasteiger partial charge in [0.05, 0.1) is 5.75 Å². The van der Waals surface area contributed by atoms with Gasteiger partial charge < -0.3 is 9.88 Å². The molecule has 0 aromatic carbocycles. The van der Waals surface area contributed by atoms with E-state index in [-0.39, 0.29) is 11.8 Å². The molecule has 1 fully saturated rings. The van der Waals surface area contributed by atoms with Gasteiger partial charge in [-0.3, -0.25) is 14.9 Å². The molecule has 2 rings (SSSR count). The van der Waals surface area contributed by atoms with Gasteiger partial charge >= 0.3 is 0 Å². The first-order valence-electron chi connectivity index (χ1n) is 5.91. The van der Waals surface area contributed by atoms with Crippen LogP contribution >= 0.6 is 11.8 Å². The maximum Gasteiger partial charge on any atom is 0.274 e. The fourth-order valence-corrected chi connectivity index (χ4v) is 2.65. The predicted octanol–water partition coefficient (Wildman–Crippen LogP) is 0.234. The van der Waals surface area contributed by atoms with Gasteiger partial charge in [-0.2, -0.15) is 11.8 Å². The number of nitrogens with one attached hydrogen (secondary N) is 2. The first-order chi connectivity index (χ1) is 8.66. The molecule has 1 aromatic rings. The second-order valence-corrected chi connectivity index (χ2v) is 5.45. The monoisotopic (exact) mass is 267 g/mol. The molecule has 2 amide bonds. The lowest BCUT2D eigenvalue weighted by molar-refractivity contribution is -0.117. The van der Waals surface area contributed by atoms with Gasteiger partial charge in [0.2, 0.25) is 5.91 Å². The summed E-state index contributed by atoms with van der Waals surface area (Å²) in [5, 5.41) is 5.58. The maximum absolute atomic E-state index is 11.7. The highest BCUT2D eigenvalue weighted by atomic mass is 32.2. The summed E-state index contributed by atoms with van der Waals surface area (Å²) < 4.78 is 1.69. The average molecular weight is 267 g/mol. The minimum atomic E-state index is -0.335. The number of hydrogen-bond acceptors (Lipinski definition) is 4. The van der Waals surface area contributed by atoms with E-state index in [1.165, 1.54) is 0 Å². The summed E-state index contributed by atoms with van der Waals surface area (Å²) in [5.74, 6) is 1.43. The first-order valence-corrected chi connectivity index (χ1v) is 7.06. The van der Waals surface area contributed by atoms with E-state index >= 15 is 0 Å². The van der Waals surface area contributed by atoms with Crippen molar-refractivity contribution in [2.45, 2.75) is 0 Å². The Kier molecular flexibility index (Phi) is 4.43. The number of rotatable bonds is 5. The molecule has 0 radical (unpaired) electrons. The number of amides is 2. The van der Waals surface area contributed by atoms with E-state index in [9.17, 15) is 9.59 Å². The van der Waals surface area contributed by atoms with Gasteiger partial charge in [-0.1, -0.05) is 0 Å². The molecule has 1 aromatic heterocycles. The van der Waals surface area contributed by atoms with Gasteiger partial charge in [0.25, 0.3) is 5.91 Å². The molecule has 1 aliphatic rings. The Hall–Kier alpha value is -1.27. The Morgan fingerprint density at radius 2 is 2.33 bits per heavy atom. The highest BCUT2D eigenvalue weighted by Gasteiger charge is 2.17. The van der Waals surface area contributed by atoms with Crippen LogP contribution in [0.15, 0.2) is 18.3 Å². The van der Waals surface area contributed by atoms with Crippen LogP contribution in [0.4, 0.5) is 0 Å². The van der Waals surface area contributed by atoms with Crippen molar-refractivity contribution < 1.29 is 9.59 Å². The van der Waals surface area contributed by atoms with Crippen molar-refractivity contribution in [3.8, 4) is 0 Å². The van der Waals surface area contributed by atoms with Crippen molar-refractivity contribution in [3.05, 3.63) is 24.0 Å². The number of hydrogen-bond donors (Lipinski definition) is 2. The summed E-state index contributed by atoms with van der Waals surface area (Å²) in [5.41, 5.74) is 0.497. The van der Waals surface area contributed by atoms with E-state index in [2.05, 4.69) is 10.6 Å². The average Bonchev–Trinajstić information content (AvgIpc) is 2.68. The second kappa shape index (κ2) is 6.06. The van der Waals surface area contributed by atoms with Crippen LogP contribution in [0.2, 0.25) is 0 Å². The third-order valence-corrected chi connectivity index (χ3v) is 4.06. The van der Waals surface area contributed by atoms with E-state index in [1.807, 2.05) is 0 Å². The van der Waals surface area contributed by atoms with Crippen LogP contribution in [-0.2, 0) is 11.8 Å². The molecule has 98 valence electrons. The molecule has 1 aliphatic heterocycles. The van der Waals surface area contributed by atoms with Crippen LogP contribution in [0, 0.1) is 5.92 Å². The molecule has 6 heteroatoms. The molecule has 1 saturated heterocycles. The van der Waals surface area contributed by atoms with E-state index in [4.69, 9.17) is 0 Å². The van der Waals surface area contributed by atoms with Crippen molar-refractivity contribution in [2.24, 2.45) is 13.0 Å². The smallest absolute Gasteiger partial charge is 0.274 e. The Labute approximate surface area is 110 Å². The van der Waals surface area contributed by atoms with Crippen LogP contribution in [0.5, 0.6) is 0 Å². The van der Waals surface area contributed by atoms with Gasteiger partial charge in [-0.05, 0) is 36.9 Å². The summed E-state index contributed by atoms with van der Waals surface area (Å²) in [4.78, 5) is 23.3. The lowest BCUT2D eigenvalue weighted by atomic mass is 10.1. The maximum atomic E-state index is 11.7. The number of imide groups is 1. The number of nitrogens with zero attached hydrogens (tertiary/aromatic N) is 1. The van der Waals surface area contributed by atoms with Crippen molar-refractivity contribution in [3.63, 3.8) is 0 Å². The number of thioether (sulfide) groups is 1. The van der Waals surface area contributed by atoms with E-state index in [0.29, 0.717) is 17.4 Å². The topological polar surface area (TPSA) is 63.1 Å². The Bertz CT molecular complexity index is 440. The molecule has 0 bridgehead atoms. The lowest BCUT2D eigenvalue weighted by Crippen LogP contribution is -2.43. The molecule has 0 atom stereocenters. The fraction of sp³-hybridized carbons (Fsp3) is 0.500. The molecule has 18 heavy (non-hydrogen) atoms. The normalized spacial score (nSPS) is 15.2. The van der Waals surface area contributed by atoms with Gasteiger partial charge in [-0.25, -0.2) is 0 Å². The van der Waals surface area contributed by atoms with Gasteiger partial charge in [0.1, 0.15) is 5.69 Å². The minimum absolute atomic E-state index is 0.224. The SMILES string of the molecule is Cn1cccc1C(=O)NC(=O)CSCC1CNC1. The van der Waals surface area contributed by atoms with Crippen molar-refractivity contribution in [2.75, 3.05) is 24.6 Å². The fourth-order valence-electron chi connectivity index (χ4n) is 1.71. The quantitative estimate of drug-likeness (QED) is 0.802. The Morgan fingerprint density at radius 3 is 2.89 bits per heavy atom. The summed E-state index contributed by atoms with van der Waals surface area (Å²) in [6, 6.07) is 3.47. The van der Waals surface area contributed by atoms with Gasteiger partial charge in [0, 0.05) is 13.2 Å². The Morgan fingerprint density at radius 1 is 1.56 bits per heavy atom. The van der Waals surface area contributed by atoms with Crippen LogP contribution in [0.3, 0.4) is 0 Å². The zero-order valence-electron chi connectivity index (χ0n) is 10.3. The zero-order chi connectivity index (χ0) is 13.0.